The fourth-order valence-corrected chi connectivity index (χ4v) is 2.23. The van der Waals surface area contributed by atoms with Crippen LogP contribution in [-0.4, -0.2) is 25.5 Å². The smallest absolute Gasteiger partial charge is 0.227 e. The van der Waals surface area contributed by atoms with E-state index < -0.39 is 0 Å². The van der Waals surface area contributed by atoms with Crippen LogP contribution >= 0.6 is 15.9 Å². The summed E-state index contributed by atoms with van der Waals surface area (Å²) in [7, 11) is 1.95. The van der Waals surface area contributed by atoms with Crippen molar-refractivity contribution in [2.24, 2.45) is 0 Å². The van der Waals surface area contributed by atoms with Gasteiger partial charge in [0.15, 0.2) is 0 Å². The first-order chi connectivity index (χ1) is 9.36. The van der Waals surface area contributed by atoms with Crippen LogP contribution in [0.2, 0.25) is 0 Å². The van der Waals surface area contributed by atoms with E-state index in [1.54, 1.807) is 0 Å². The number of aryl methyl sites for hydroxylation is 2. The van der Waals surface area contributed by atoms with Gasteiger partial charge >= 0.3 is 0 Å². The van der Waals surface area contributed by atoms with Gasteiger partial charge in [-0.1, -0.05) is 29.8 Å². The predicted molar refractivity (Wildman–Crippen MR) is 89.4 cm³/mol. The van der Waals surface area contributed by atoms with Crippen LogP contribution in [0.1, 0.15) is 37.8 Å². The maximum absolute atomic E-state index is 11.6. The van der Waals surface area contributed by atoms with Crippen LogP contribution in [0.3, 0.4) is 0 Å². The van der Waals surface area contributed by atoms with Crippen molar-refractivity contribution < 1.29 is 4.79 Å². The molecule has 0 aliphatic carbocycles. The van der Waals surface area contributed by atoms with Crippen molar-refractivity contribution in [1.29, 1.82) is 0 Å². The van der Waals surface area contributed by atoms with Crippen LogP contribution < -0.4 is 10.2 Å². The number of amides is 1. The number of carbonyl (C=O) groups excluding carboxylic acids is 1. The standard InChI is InChI=1S/C12H14BrNO.C4H11N/c1-8-6-10(7-9(2)12(8)13)14-5-3-4-11(14)15;1-4(2)5-3/h6-7H,3-5H2,1-2H3;4-5H,1-3H3. The molecule has 112 valence electrons. The molecule has 1 heterocycles. The van der Waals surface area contributed by atoms with Gasteiger partial charge in [0.2, 0.25) is 5.91 Å². The SMILES string of the molecule is CNC(C)C.Cc1cc(N2CCCC2=O)cc(C)c1Br. The average molecular weight is 341 g/mol. The van der Waals surface area contributed by atoms with Gasteiger partial charge in [0.25, 0.3) is 0 Å². The van der Waals surface area contributed by atoms with E-state index in [-0.39, 0.29) is 5.91 Å². The number of hydrogen-bond acceptors (Lipinski definition) is 2. The molecule has 2 rings (SSSR count). The molecule has 1 fully saturated rings. The quantitative estimate of drug-likeness (QED) is 0.887. The first-order valence-electron chi connectivity index (χ1n) is 7.11. The average Bonchev–Trinajstić information content (AvgIpc) is 2.82. The summed E-state index contributed by atoms with van der Waals surface area (Å²) in [5.74, 6) is 0.246. The van der Waals surface area contributed by atoms with Gasteiger partial charge in [0.05, 0.1) is 0 Å². The van der Waals surface area contributed by atoms with Gasteiger partial charge in [-0.15, -0.1) is 0 Å². The number of anilines is 1. The minimum atomic E-state index is 0.246. The Morgan fingerprint density at radius 2 is 1.75 bits per heavy atom. The second-order valence-electron chi connectivity index (χ2n) is 5.49. The highest BCUT2D eigenvalue weighted by molar-refractivity contribution is 9.10. The van der Waals surface area contributed by atoms with Crippen LogP contribution in [-0.2, 0) is 4.79 Å². The monoisotopic (exact) mass is 340 g/mol. The van der Waals surface area contributed by atoms with Crippen LogP contribution in [0.15, 0.2) is 16.6 Å². The summed E-state index contributed by atoms with van der Waals surface area (Å²) in [5.41, 5.74) is 3.41. The Labute approximate surface area is 130 Å². The largest absolute Gasteiger partial charge is 0.318 e. The first-order valence-corrected chi connectivity index (χ1v) is 7.90. The number of halogens is 1. The maximum Gasteiger partial charge on any atom is 0.227 e. The molecule has 1 saturated heterocycles. The van der Waals surface area contributed by atoms with E-state index in [0.717, 1.165) is 23.1 Å². The van der Waals surface area contributed by atoms with Crippen molar-refractivity contribution in [1.82, 2.24) is 5.32 Å². The molecule has 0 saturated carbocycles. The van der Waals surface area contributed by atoms with Gasteiger partial charge in [-0.2, -0.15) is 0 Å². The Kier molecular flexibility index (Phi) is 6.69. The zero-order valence-electron chi connectivity index (χ0n) is 13.1. The molecule has 1 aliphatic heterocycles. The molecule has 0 aromatic heterocycles. The van der Waals surface area contributed by atoms with E-state index in [1.807, 2.05) is 11.9 Å². The predicted octanol–water partition coefficient (Wildman–Crippen LogP) is 3.81. The zero-order chi connectivity index (χ0) is 15.3. The molecule has 3 nitrogen and oxygen atoms in total. The summed E-state index contributed by atoms with van der Waals surface area (Å²) in [4.78, 5) is 13.5. The van der Waals surface area contributed by atoms with Crippen molar-refractivity contribution in [3.63, 3.8) is 0 Å². The summed E-state index contributed by atoms with van der Waals surface area (Å²) < 4.78 is 1.14. The Morgan fingerprint density at radius 3 is 2.10 bits per heavy atom. The molecule has 1 aliphatic rings. The van der Waals surface area contributed by atoms with Crippen molar-refractivity contribution in [3.8, 4) is 0 Å². The molecule has 0 bridgehead atoms. The summed E-state index contributed by atoms with van der Waals surface area (Å²) in [6.45, 7) is 9.20. The number of benzene rings is 1. The lowest BCUT2D eigenvalue weighted by atomic mass is 10.1. The molecule has 4 heteroatoms. The molecule has 1 N–H and O–H groups in total. The minimum absolute atomic E-state index is 0.246. The third-order valence-electron chi connectivity index (χ3n) is 3.38. The van der Waals surface area contributed by atoms with Crippen molar-refractivity contribution >= 4 is 27.5 Å². The normalized spacial score (nSPS) is 14.6. The maximum atomic E-state index is 11.6. The first kappa shape index (κ1) is 17.2. The number of nitrogens with one attached hydrogen (secondary N) is 1. The molecular formula is C16H25BrN2O. The summed E-state index contributed by atoms with van der Waals surface area (Å²) in [6, 6.07) is 4.77. The number of nitrogens with zero attached hydrogens (tertiary/aromatic N) is 1. The Hall–Kier alpha value is -0.870. The van der Waals surface area contributed by atoms with E-state index in [1.165, 1.54) is 11.1 Å². The van der Waals surface area contributed by atoms with Gasteiger partial charge in [0.1, 0.15) is 0 Å². The van der Waals surface area contributed by atoms with E-state index >= 15 is 0 Å². The third-order valence-corrected chi connectivity index (χ3v) is 4.63. The zero-order valence-corrected chi connectivity index (χ0v) is 14.7. The molecule has 1 amide bonds. The topological polar surface area (TPSA) is 32.3 Å². The fourth-order valence-electron chi connectivity index (χ4n) is 2.00. The van der Waals surface area contributed by atoms with Crippen molar-refractivity contribution in [3.05, 3.63) is 27.7 Å². The third kappa shape index (κ3) is 4.60. The highest BCUT2D eigenvalue weighted by atomic mass is 79.9. The van der Waals surface area contributed by atoms with Gasteiger partial charge in [0, 0.05) is 29.2 Å². The Morgan fingerprint density at radius 1 is 1.25 bits per heavy atom. The molecule has 0 atom stereocenters. The molecule has 0 spiro atoms. The van der Waals surface area contributed by atoms with E-state index in [2.05, 4.69) is 61.1 Å². The number of hydrogen-bond donors (Lipinski definition) is 1. The van der Waals surface area contributed by atoms with Crippen LogP contribution in [0.25, 0.3) is 0 Å². The fraction of sp³-hybridized carbons (Fsp3) is 0.562. The highest BCUT2D eigenvalue weighted by Crippen LogP contribution is 2.29. The lowest BCUT2D eigenvalue weighted by Crippen LogP contribution is -2.23. The van der Waals surface area contributed by atoms with E-state index in [9.17, 15) is 4.79 Å². The lowest BCUT2D eigenvalue weighted by molar-refractivity contribution is -0.117. The Balaban J connectivity index is 0.000000347. The van der Waals surface area contributed by atoms with E-state index in [4.69, 9.17) is 0 Å². The van der Waals surface area contributed by atoms with Crippen LogP contribution in [0, 0.1) is 13.8 Å². The van der Waals surface area contributed by atoms with Crippen molar-refractivity contribution in [2.75, 3.05) is 18.5 Å². The molecule has 0 unspecified atom stereocenters. The molecule has 20 heavy (non-hydrogen) atoms. The van der Waals surface area contributed by atoms with Gasteiger partial charge in [-0.25, -0.2) is 0 Å². The van der Waals surface area contributed by atoms with Gasteiger partial charge < -0.3 is 10.2 Å². The summed E-state index contributed by atoms with van der Waals surface area (Å²) in [6.07, 6.45) is 1.67. The molecular weight excluding hydrogens is 316 g/mol. The van der Waals surface area contributed by atoms with Crippen LogP contribution in [0.4, 0.5) is 5.69 Å². The molecule has 1 aromatic carbocycles. The second kappa shape index (κ2) is 7.79. The van der Waals surface area contributed by atoms with Crippen LogP contribution in [0.5, 0.6) is 0 Å². The summed E-state index contributed by atoms with van der Waals surface area (Å²) in [5, 5.41) is 3.03. The Bertz CT molecular complexity index is 449. The lowest BCUT2D eigenvalue weighted by Gasteiger charge is -2.18. The summed E-state index contributed by atoms with van der Waals surface area (Å²) >= 11 is 3.53. The number of rotatable bonds is 2. The highest BCUT2D eigenvalue weighted by Gasteiger charge is 2.22. The minimum Gasteiger partial charge on any atom is -0.318 e. The van der Waals surface area contributed by atoms with E-state index in [0.29, 0.717) is 12.5 Å². The molecule has 0 radical (unpaired) electrons. The number of carbonyl (C=O) groups is 1. The molecule has 1 aromatic rings. The van der Waals surface area contributed by atoms with Gasteiger partial charge in [-0.3, -0.25) is 4.79 Å². The van der Waals surface area contributed by atoms with Gasteiger partial charge in [-0.05, 0) is 50.6 Å². The second-order valence-corrected chi connectivity index (χ2v) is 6.28. The van der Waals surface area contributed by atoms with Crippen molar-refractivity contribution in [2.45, 2.75) is 46.6 Å².